The highest BCUT2D eigenvalue weighted by Crippen LogP contribution is 2.25. The Balaban J connectivity index is 1.98. The number of carbonyl (C=O) groups excluding carboxylic acids is 3. The number of carbonyl (C=O) groups is 3. The first-order chi connectivity index (χ1) is 14.9. The van der Waals surface area contributed by atoms with Gasteiger partial charge in [0, 0.05) is 6.07 Å². The van der Waals surface area contributed by atoms with E-state index >= 15 is 0 Å². The Labute approximate surface area is 188 Å². The molecule has 0 radical (unpaired) electrons. The third-order valence-corrected chi connectivity index (χ3v) is 5.17. The second-order valence-corrected chi connectivity index (χ2v) is 8.98. The van der Waals surface area contributed by atoms with Crippen molar-refractivity contribution in [2.75, 3.05) is 6.61 Å². The molecule has 2 heterocycles. The molecule has 0 unspecified atom stereocenters. The standard InChI is InChI=1S/C22H33N3O7/c1-6-13(2)18(24-21(29)32-22(3,4)5)20(28)30-12-16-15(26)10-17(31-16)25-9-7-8-14(11-25)19(23)27/h7-9,11,13,15-18,26H,6,10,12H2,1-5H3,(H2-,23,24,27,29)/p+1/t13-,15-,16+,17+,18-/m0/s1. The number of amides is 2. The number of aliphatic hydroxyl groups is 1. The van der Waals surface area contributed by atoms with Crippen LogP contribution >= 0.6 is 0 Å². The van der Waals surface area contributed by atoms with Gasteiger partial charge in [-0.1, -0.05) is 20.3 Å². The summed E-state index contributed by atoms with van der Waals surface area (Å²) in [6.45, 7) is 8.73. The van der Waals surface area contributed by atoms with Gasteiger partial charge in [0.2, 0.25) is 0 Å². The van der Waals surface area contributed by atoms with Gasteiger partial charge in [-0.05, 0) is 32.8 Å². The van der Waals surface area contributed by atoms with Gasteiger partial charge in [0.15, 0.2) is 12.4 Å². The van der Waals surface area contributed by atoms with Crippen LogP contribution in [0.4, 0.5) is 4.79 Å². The minimum atomic E-state index is -0.897. The first kappa shape index (κ1) is 25.5. The molecule has 1 aromatic heterocycles. The van der Waals surface area contributed by atoms with Gasteiger partial charge >= 0.3 is 12.1 Å². The topological polar surface area (TPSA) is 141 Å². The molecule has 1 aliphatic heterocycles. The molecule has 0 aliphatic carbocycles. The van der Waals surface area contributed by atoms with Crippen molar-refractivity contribution in [3.63, 3.8) is 0 Å². The van der Waals surface area contributed by atoms with E-state index in [1.54, 1.807) is 43.7 Å². The number of alkyl carbamates (subject to hydrolysis) is 1. The van der Waals surface area contributed by atoms with E-state index in [9.17, 15) is 19.5 Å². The van der Waals surface area contributed by atoms with Crippen LogP contribution in [0.1, 0.15) is 64.0 Å². The highest BCUT2D eigenvalue weighted by Gasteiger charge is 2.41. The lowest BCUT2D eigenvalue weighted by molar-refractivity contribution is -0.759. The van der Waals surface area contributed by atoms with Crippen molar-refractivity contribution in [1.82, 2.24) is 5.32 Å². The summed E-state index contributed by atoms with van der Waals surface area (Å²) in [6, 6.07) is 2.34. The number of nitrogens with two attached hydrogens (primary N) is 1. The number of hydrogen-bond acceptors (Lipinski definition) is 7. The maximum absolute atomic E-state index is 12.7. The molecule has 10 heteroatoms. The average molecular weight is 453 g/mol. The van der Waals surface area contributed by atoms with Crippen molar-refractivity contribution >= 4 is 18.0 Å². The van der Waals surface area contributed by atoms with E-state index in [4.69, 9.17) is 19.9 Å². The Kier molecular flexibility index (Phi) is 8.57. The fourth-order valence-corrected chi connectivity index (χ4v) is 3.22. The molecule has 178 valence electrons. The third-order valence-electron chi connectivity index (χ3n) is 5.17. The maximum atomic E-state index is 12.7. The predicted molar refractivity (Wildman–Crippen MR) is 113 cm³/mol. The molecule has 1 saturated heterocycles. The van der Waals surface area contributed by atoms with Gasteiger partial charge in [-0.25, -0.2) is 9.59 Å². The van der Waals surface area contributed by atoms with Crippen LogP contribution in [0, 0.1) is 5.92 Å². The SMILES string of the molecule is CC[C@H](C)[C@H](NC(=O)OC(C)(C)C)C(=O)OC[C@H]1O[C@@H]([n+]2cccc(C(N)=O)c2)C[C@@H]1O. The van der Waals surface area contributed by atoms with E-state index in [2.05, 4.69) is 5.32 Å². The van der Waals surface area contributed by atoms with E-state index in [0.29, 0.717) is 12.0 Å². The monoisotopic (exact) mass is 452 g/mol. The zero-order valence-corrected chi connectivity index (χ0v) is 19.2. The van der Waals surface area contributed by atoms with Gasteiger partial charge in [0.1, 0.15) is 29.9 Å². The summed E-state index contributed by atoms with van der Waals surface area (Å²) in [5.74, 6) is -1.39. The highest BCUT2D eigenvalue weighted by atomic mass is 16.6. The third kappa shape index (κ3) is 7.16. The Morgan fingerprint density at radius 3 is 2.66 bits per heavy atom. The van der Waals surface area contributed by atoms with E-state index in [1.807, 2.05) is 13.8 Å². The van der Waals surface area contributed by atoms with Crippen LogP contribution in [0.2, 0.25) is 0 Å². The number of nitrogens with one attached hydrogen (secondary N) is 1. The van der Waals surface area contributed by atoms with Crippen LogP contribution in [-0.4, -0.2) is 53.5 Å². The maximum Gasteiger partial charge on any atom is 0.408 e. The molecular weight excluding hydrogens is 418 g/mol. The summed E-state index contributed by atoms with van der Waals surface area (Å²) in [5.41, 5.74) is 4.92. The fraction of sp³-hybridized carbons (Fsp3) is 0.636. The molecule has 4 N–H and O–H groups in total. The molecule has 10 nitrogen and oxygen atoms in total. The Bertz CT molecular complexity index is 824. The zero-order valence-electron chi connectivity index (χ0n) is 19.2. The van der Waals surface area contributed by atoms with Crippen molar-refractivity contribution in [2.45, 2.75) is 77.5 Å². The molecule has 1 aromatic rings. The number of esters is 1. The number of pyridine rings is 1. The molecule has 0 bridgehead atoms. The van der Waals surface area contributed by atoms with Gasteiger partial charge < -0.3 is 30.4 Å². The number of aromatic nitrogens is 1. The fourth-order valence-electron chi connectivity index (χ4n) is 3.22. The number of primary amides is 1. The van der Waals surface area contributed by atoms with Gasteiger partial charge in [-0.15, -0.1) is 0 Å². The van der Waals surface area contributed by atoms with Gasteiger partial charge in [0.25, 0.3) is 12.1 Å². The quantitative estimate of drug-likeness (QED) is 0.397. The molecule has 2 rings (SSSR count). The first-order valence-corrected chi connectivity index (χ1v) is 10.7. The average Bonchev–Trinajstić information content (AvgIpc) is 3.09. The minimum absolute atomic E-state index is 0.185. The molecule has 0 saturated carbocycles. The second kappa shape index (κ2) is 10.7. The largest absolute Gasteiger partial charge is 0.461 e. The zero-order chi connectivity index (χ0) is 24.1. The summed E-state index contributed by atoms with van der Waals surface area (Å²) < 4.78 is 18.1. The number of nitrogens with zero attached hydrogens (tertiary/aromatic N) is 1. The van der Waals surface area contributed by atoms with Crippen molar-refractivity contribution in [3.8, 4) is 0 Å². The number of hydrogen-bond donors (Lipinski definition) is 3. The molecule has 0 spiro atoms. The molecule has 32 heavy (non-hydrogen) atoms. The van der Waals surface area contributed by atoms with Crippen molar-refractivity contribution in [1.29, 1.82) is 0 Å². The minimum Gasteiger partial charge on any atom is -0.461 e. The van der Waals surface area contributed by atoms with Crippen LogP contribution in [0.25, 0.3) is 0 Å². The normalized spacial score (nSPS) is 22.6. The van der Waals surface area contributed by atoms with Crippen LogP contribution in [0.3, 0.4) is 0 Å². The van der Waals surface area contributed by atoms with Gasteiger partial charge in [0.05, 0.1) is 12.5 Å². The summed E-state index contributed by atoms with van der Waals surface area (Å²) in [6.07, 6.45) is 1.24. The lowest BCUT2D eigenvalue weighted by Gasteiger charge is -2.26. The summed E-state index contributed by atoms with van der Waals surface area (Å²) in [5, 5.41) is 12.9. The summed E-state index contributed by atoms with van der Waals surface area (Å²) >= 11 is 0. The lowest BCUT2D eigenvalue weighted by atomic mass is 9.99. The number of aliphatic hydroxyl groups excluding tert-OH is 1. The molecule has 2 amide bonds. The summed E-state index contributed by atoms with van der Waals surface area (Å²) in [4.78, 5) is 36.2. The Morgan fingerprint density at radius 1 is 1.38 bits per heavy atom. The van der Waals surface area contributed by atoms with Crippen LogP contribution in [-0.2, 0) is 19.0 Å². The predicted octanol–water partition coefficient (Wildman–Crippen LogP) is 1.20. The van der Waals surface area contributed by atoms with Crippen molar-refractivity contribution in [2.24, 2.45) is 11.7 Å². The molecule has 1 aliphatic rings. The number of rotatable bonds is 8. The van der Waals surface area contributed by atoms with Crippen LogP contribution in [0.5, 0.6) is 0 Å². The van der Waals surface area contributed by atoms with Gasteiger partial charge in [-0.3, -0.25) is 4.79 Å². The van der Waals surface area contributed by atoms with Gasteiger partial charge in [-0.2, -0.15) is 4.57 Å². The van der Waals surface area contributed by atoms with Crippen molar-refractivity contribution in [3.05, 3.63) is 30.1 Å². The van der Waals surface area contributed by atoms with Crippen LogP contribution < -0.4 is 15.6 Å². The van der Waals surface area contributed by atoms with Crippen molar-refractivity contribution < 1.29 is 38.3 Å². The van der Waals surface area contributed by atoms with E-state index in [-0.39, 0.29) is 18.9 Å². The molecule has 1 fully saturated rings. The number of ether oxygens (including phenoxy) is 3. The molecular formula is C22H34N3O7+. The smallest absolute Gasteiger partial charge is 0.408 e. The first-order valence-electron chi connectivity index (χ1n) is 10.7. The molecule has 5 atom stereocenters. The Morgan fingerprint density at radius 2 is 2.06 bits per heavy atom. The van der Waals surface area contributed by atoms with E-state index < -0.39 is 48.0 Å². The van der Waals surface area contributed by atoms with E-state index in [0.717, 1.165) is 0 Å². The van der Waals surface area contributed by atoms with E-state index in [1.165, 1.54) is 6.20 Å². The Hall–Kier alpha value is -2.72. The lowest BCUT2D eigenvalue weighted by Crippen LogP contribution is -2.48. The summed E-state index contributed by atoms with van der Waals surface area (Å²) in [7, 11) is 0. The second-order valence-electron chi connectivity index (χ2n) is 8.98. The van der Waals surface area contributed by atoms with Crippen LogP contribution in [0.15, 0.2) is 24.5 Å². The molecule has 0 aromatic carbocycles. The highest BCUT2D eigenvalue weighted by molar-refractivity contribution is 5.92.